The van der Waals surface area contributed by atoms with Gasteiger partial charge in [-0.15, -0.1) is 0 Å². The molecule has 0 unspecified atom stereocenters. The van der Waals surface area contributed by atoms with Crippen molar-refractivity contribution in [2.45, 2.75) is 4.90 Å². The minimum Gasteiger partial charge on any atom is -0.287 e. The van der Waals surface area contributed by atoms with Crippen molar-refractivity contribution in [1.29, 1.82) is 0 Å². The summed E-state index contributed by atoms with van der Waals surface area (Å²) in [5, 5.41) is 1.97. The van der Waals surface area contributed by atoms with E-state index < -0.39 is 10.0 Å². The van der Waals surface area contributed by atoms with Crippen molar-refractivity contribution in [3.05, 3.63) is 83.6 Å². The number of carbonyl (C=O) groups is 1. The van der Waals surface area contributed by atoms with Gasteiger partial charge in [0.05, 0.1) is 4.90 Å². The highest BCUT2D eigenvalue weighted by atomic mass is 32.2. The summed E-state index contributed by atoms with van der Waals surface area (Å²) in [5.41, 5.74) is 1.14. The van der Waals surface area contributed by atoms with Crippen molar-refractivity contribution < 1.29 is 13.2 Å². The molecule has 0 spiro atoms. The summed E-state index contributed by atoms with van der Waals surface area (Å²) in [6, 6.07) is 19.8. The van der Waals surface area contributed by atoms with Crippen molar-refractivity contribution in [3.63, 3.8) is 0 Å². The highest BCUT2D eigenvalue weighted by molar-refractivity contribution is 7.89. The van der Waals surface area contributed by atoms with E-state index in [0.717, 1.165) is 15.1 Å². The smallest absolute Gasteiger partial charge is 0.264 e. The molecule has 0 N–H and O–H groups in total. The lowest BCUT2D eigenvalue weighted by Crippen LogP contribution is -2.33. The number of benzene rings is 3. The molecule has 0 atom stereocenters. The van der Waals surface area contributed by atoms with E-state index in [0.29, 0.717) is 11.1 Å². The number of hydrogen-bond donors (Lipinski definition) is 0. The topological polar surface area (TPSA) is 54.5 Å². The molecule has 1 aliphatic rings. The Balaban J connectivity index is 1.85. The Hall–Kier alpha value is -2.92. The number of rotatable bonds is 2. The lowest BCUT2D eigenvalue weighted by atomic mass is 10.0. The standard InChI is InChI=1S/C20H15NO3S/c1-21-18(13-16-8-4-5-9-19(16)25(21,23)24)20(22)17-11-10-14-6-2-3-7-15(14)12-17/h2-13H,1H3. The van der Waals surface area contributed by atoms with Crippen LogP contribution in [0.25, 0.3) is 16.8 Å². The molecule has 1 heterocycles. The minimum absolute atomic E-state index is 0.147. The molecule has 0 amide bonds. The summed E-state index contributed by atoms with van der Waals surface area (Å²) in [4.78, 5) is 13.2. The fraction of sp³-hybridized carbons (Fsp3) is 0.0500. The Kier molecular flexibility index (Phi) is 3.47. The fourth-order valence-corrected chi connectivity index (χ4v) is 4.40. The van der Waals surface area contributed by atoms with Gasteiger partial charge in [-0.2, -0.15) is 0 Å². The number of sulfonamides is 1. The molecule has 1 aliphatic heterocycles. The maximum Gasteiger partial charge on any atom is 0.264 e. The second kappa shape index (κ2) is 5.57. The first-order chi connectivity index (χ1) is 12.0. The van der Waals surface area contributed by atoms with Gasteiger partial charge in [0, 0.05) is 12.6 Å². The Morgan fingerprint density at radius 1 is 0.880 bits per heavy atom. The summed E-state index contributed by atoms with van der Waals surface area (Å²) in [7, 11) is -2.31. The van der Waals surface area contributed by atoms with Gasteiger partial charge in [-0.3, -0.25) is 9.10 Å². The molecule has 124 valence electrons. The third-order valence-electron chi connectivity index (χ3n) is 4.43. The summed E-state index contributed by atoms with van der Waals surface area (Å²) in [6.45, 7) is 0. The van der Waals surface area contributed by atoms with Gasteiger partial charge in [-0.1, -0.05) is 54.6 Å². The summed E-state index contributed by atoms with van der Waals surface area (Å²) in [6.07, 6.45) is 1.63. The molecule has 4 nitrogen and oxygen atoms in total. The van der Waals surface area contributed by atoms with E-state index in [2.05, 4.69) is 0 Å². The SMILES string of the molecule is CN1C(C(=O)c2ccc3ccccc3c2)=Cc2ccccc2S1(=O)=O. The van der Waals surface area contributed by atoms with Crippen LogP contribution in [0.3, 0.4) is 0 Å². The number of hydrogen-bond acceptors (Lipinski definition) is 3. The zero-order valence-electron chi connectivity index (χ0n) is 13.5. The number of nitrogens with zero attached hydrogens (tertiary/aromatic N) is 1. The predicted octanol–water partition coefficient (Wildman–Crippen LogP) is 3.70. The van der Waals surface area contributed by atoms with Crippen LogP contribution in [0.5, 0.6) is 0 Å². The third kappa shape index (κ3) is 2.44. The Morgan fingerprint density at radius 2 is 1.56 bits per heavy atom. The van der Waals surface area contributed by atoms with E-state index in [1.165, 1.54) is 7.05 Å². The average molecular weight is 349 g/mol. The maximum absolute atomic E-state index is 13.0. The normalized spacial score (nSPS) is 15.6. The number of fused-ring (bicyclic) bond motifs is 2. The quantitative estimate of drug-likeness (QED) is 0.663. The van der Waals surface area contributed by atoms with Gasteiger partial charge in [0.2, 0.25) is 5.78 Å². The number of allylic oxidation sites excluding steroid dienone is 1. The molecule has 0 saturated carbocycles. The van der Waals surface area contributed by atoms with Gasteiger partial charge in [0.1, 0.15) is 5.70 Å². The van der Waals surface area contributed by atoms with Gasteiger partial charge >= 0.3 is 0 Å². The van der Waals surface area contributed by atoms with E-state index in [9.17, 15) is 13.2 Å². The Morgan fingerprint density at radius 3 is 2.36 bits per heavy atom. The molecule has 0 radical (unpaired) electrons. The molecule has 0 aromatic heterocycles. The van der Waals surface area contributed by atoms with Crippen LogP contribution < -0.4 is 0 Å². The van der Waals surface area contributed by atoms with Crippen LogP contribution in [0, 0.1) is 0 Å². The molecule has 0 aliphatic carbocycles. The predicted molar refractivity (Wildman–Crippen MR) is 97.6 cm³/mol. The number of ketones is 1. The lowest BCUT2D eigenvalue weighted by Gasteiger charge is -2.26. The lowest BCUT2D eigenvalue weighted by molar-refractivity contribution is 0.101. The number of carbonyl (C=O) groups excluding carboxylic acids is 1. The van der Waals surface area contributed by atoms with E-state index >= 15 is 0 Å². The molecule has 3 aromatic rings. The van der Waals surface area contributed by atoms with E-state index in [1.54, 1.807) is 42.5 Å². The molecular formula is C20H15NO3S. The van der Waals surface area contributed by atoms with Gasteiger partial charge in [-0.25, -0.2) is 8.42 Å². The van der Waals surface area contributed by atoms with Crippen LogP contribution in [0.2, 0.25) is 0 Å². The van der Waals surface area contributed by atoms with Crippen molar-refractivity contribution in [1.82, 2.24) is 4.31 Å². The summed E-state index contributed by atoms with van der Waals surface area (Å²) < 4.78 is 26.5. The largest absolute Gasteiger partial charge is 0.287 e. The van der Waals surface area contributed by atoms with Crippen LogP contribution in [0.4, 0.5) is 0 Å². The maximum atomic E-state index is 13.0. The summed E-state index contributed by atoms with van der Waals surface area (Å²) in [5.74, 6) is -0.314. The average Bonchev–Trinajstić information content (AvgIpc) is 2.64. The van der Waals surface area contributed by atoms with Crippen LogP contribution in [0.15, 0.2) is 77.3 Å². The highest BCUT2D eigenvalue weighted by Gasteiger charge is 2.32. The van der Waals surface area contributed by atoms with Crippen molar-refractivity contribution in [3.8, 4) is 0 Å². The van der Waals surface area contributed by atoms with Gasteiger partial charge in [0.15, 0.2) is 0 Å². The van der Waals surface area contributed by atoms with Crippen LogP contribution >= 0.6 is 0 Å². The first-order valence-electron chi connectivity index (χ1n) is 7.82. The molecule has 3 aromatic carbocycles. The molecule has 0 fully saturated rings. The van der Waals surface area contributed by atoms with E-state index in [1.807, 2.05) is 30.3 Å². The molecule has 0 saturated heterocycles. The zero-order chi connectivity index (χ0) is 17.6. The van der Waals surface area contributed by atoms with Crippen molar-refractivity contribution in [2.75, 3.05) is 7.05 Å². The van der Waals surface area contributed by atoms with Crippen molar-refractivity contribution in [2.24, 2.45) is 0 Å². The van der Waals surface area contributed by atoms with E-state index in [4.69, 9.17) is 0 Å². The Labute approximate surface area is 146 Å². The van der Waals surface area contributed by atoms with Gasteiger partial charge < -0.3 is 0 Å². The molecule has 0 bridgehead atoms. The van der Waals surface area contributed by atoms with Crippen LogP contribution in [0.1, 0.15) is 15.9 Å². The van der Waals surface area contributed by atoms with Crippen LogP contribution in [-0.2, 0) is 10.0 Å². The molecule has 5 heteroatoms. The number of likely N-dealkylation sites (N-methyl/N-ethyl adjacent to an activating group) is 1. The minimum atomic E-state index is -3.72. The highest BCUT2D eigenvalue weighted by Crippen LogP contribution is 2.31. The summed E-state index contributed by atoms with van der Waals surface area (Å²) >= 11 is 0. The van der Waals surface area contributed by atoms with Gasteiger partial charge in [0.25, 0.3) is 10.0 Å². The number of Topliss-reactive ketones (excluding diaryl/α,β-unsaturated/α-hetero) is 1. The Bertz CT molecular complexity index is 1150. The first-order valence-corrected chi connectivity index (χ1v) is 9.26. The molecule has 25 heavy (non-hydrogen) atoms. The first kappa shape index (κ1) is 15.6. The van der Waals surface area contributed by atoms with Gasteiger partial charge in [-0.05, 0) is 34.5 Å². The van der Waals surface area contributed by atoms with E-state index in [-0.39, 0.29) is 16.4 Å². The fourth-order valence-electron chi connectivity index (χ4n) is 3.04. The monoisotopic (exact) mass is 349 g/mol. The second-order valence-electron chi connectivity index (χ2n) is 5.93. The van der Waals surface area contributed by atoms with Crippen molar-refractivity contribution >= 4 is 32.7 Å². The molecular weight excluding hydrogens is 334 g/mol. The molecule has 4 rings (SSSR count). The second-order valence-corrected chi connectivity index (χ2v) is 7.87. The zero-order valence-corrected chi connectivity index (χ0v) is 14.3. The van der Waals surface area contributed by atoms with Crippen LogP contribution in [-0.4, -0.2) is 25.6 Å². The third-order valence-corrected chi connectivity index (χ3v) is 6.28.